The molecule has 0 radical (unpaired) electrons. The Labute approximate surface area is 160 Å². The highest BCUT2D eigenvalue weighted by atomic mass is 16.3. The number of hydrogen-bond acceptors (Lipinski definition) is 3. The first-order valence-corrected chi connectivity index (χ1v) is 10.4. The van der Waals surface area contributed by atoms with Gasteiger partial charge in [0.1, 0.15) is 0 Å². The van der Waals surface area contributed by atoms with E-state index in [0.29, 0.717) is 24.9 Å². The van der Waals surface area contributed by atoms with Crippen LogP contribution in [0.4, 0.5) is 0 Å². The highest BCUT2D eigenvalue weighted by molar-refractivity contribution is 5.75. The summed E-state index contributed by atoms with van der Waals surface area (Å²) in [7, 11) is 3.59. The molecule has 0 aliphatic heterocycles. The largest absolute Gasteiger partial charge is 0.396 e. The molecule has 1 aliphatic carbocycles. The van der Waals surface area contributed by atoms with E-state index in [-0.39, 0.29) is 12.0 Å². The van der Waals surface area contributed by atoms with Gasteiger partial charge in [0, 0.05) is 27.1 Å². The van der Waals surface area contributed by atoms with Crippen LogP contribution >= 0.6 is 0 Å². The van der Waals surface area contributed by atoms with Crippen molar-refractivity contribution in [1.82, 2.24) is 4.90 Å². The van der Waals surface area contributed by atoms with Crippen LogP contribution in [0.2, 0.25) is 0 Å². The normalized spacial score (nSPS) is 23.3. The van der Waals surface area contributed by atoms with Crippen LogP contribution < -0.4 is 0 Å². The summed E-state index contributed by atoms with van der Waals surface area (Å²) >= 11 is 0. The lowest BCUT2D eigenvalue weighted by Crippen LogP contribution is -2.20. The van der Waals surface area contributed by atoms with Crippen molar-refractivity contribution < 1.29 is 15.0 Å². The smallest absolute Gasteiger partial charge is 0.222 e. The van der Waals surface area contributed by atoms with E-state index in [0.717, 1.165) is 51.4 Å². The Balaban J connectivity index is 2.23. The Hall–Kier alpha value is -1.13. The fourth-order valence-electron chi connectivity index (χ4n) is 3.61. The minimum absolute atomic E-state index is 0.186. The number of aliphatic hydroxyl groups is 2. The number of carbonyl (C=O) groups is 1. The number of rotatable bonds is 13. The van der Waals surface area contributed by atoms with Crippen LogP contribution in [-0.2, 0) is 4.79 Å². The average Bonchev–Trinajstić information content (AvgIpc) is 2.96. The topological polar surface area (TPSA) is 60.8 Å². The second kappa shape index (κ2) is 14.0. The molecule has 0 aromatic carbocycles. The second-order valence-electron chi connectivity index (χ2n) is 7.71. The Morgan fingerprint density at radius 3 is 2.46 bits per heavy atom. The second-order valence-corrected chi connectivity index (χ2v) is 7.71. The molecule has 0 spiro atoms. The minimum atomic E-state index is -0.186. The lowest BCUT2D eigenvalue weighted by Gasteiger charge is -2.17. The molecular weight excluding hydrogens is 326 g/mol. The Morgan fingerprint density at radius 1 is 1.00 bits per heavy atom. The quantitative estimate of drug-likeness (QED) is 0.382. The Kier molecular flexibility index (Phi) is 12.3. The van der Waals surface area contributed by atoms with E-state index in [1.807, 2.05) is 0 Å². The van der Waals surface area contributed by atoms with Gasteiger partial charge < -0.3 is 15.1 Å². The van der Waals surface area contributed by atoms with E-state index in [2.05, 4.69) is 24.3 Å². The molecule has 1 rings (SSSR count). The standard InChI is InChI=1S/C22H39NO3/c1-23(2)22(26)15-11-7-6-10-14-20-19(16-17-21(20)25)13-9-5-3-4-8-12-18-24/h6,9-10,13,19-21,24-25H,3-5,7-8,11-12,14-18H2,1-2H3/t19-,20+,21-/m0/s1. The molecule has 0 unspecified atom stereocenters. The maximum atomic E-state index is 11.5. The summed E-state index contributed by atoms with van der Waals surface area (Å²) in [5.41, 5.74) is 0. The summed E-state index contributed by atoms with van der Waals surface area (Å²) in [6, 6.07) is 0. The predicted molar refractivity (Wildman–Crippen MR) is 108 cm³/mol. The van der Waals surface area contributed by atoms with E-state index in [9.17, 15) is 9.90 Å². The fraction of sp³-hybridized carbons (Fsp3) is 0.773. The summed E-state index contributed by atoms with van der Waals surface area (Å²) < 4.78 is 0. The molecule has 0 saturated heterocycles. The van der Waals surface area contributed by atoms with Crippen molar-refractivity contribution in [2.24, 2.45) is 11.8 Å². The molecule has 0 aromatic heterocycles. The van der Waals surface area contributed by atoms with E-state index in [1.54, 1.807) is 19.0 Å². The van der Waals surface area contributed by atoms with E-state index < -0.39 is 0 Å². The van der Waals surface area contributed by atoms with Gasteiger partial charge in [0.15, 0.2) is 0 Å². The van der Waals surface area contributed by atoms with Crippen molar-refractivity contribution in [1.29, 1.82) is 0 Å². The van der Waals surface area contributed by atoms with Gasteiger partial charge in [-0.2, -0.15) is 0 Å². The van der Waals surface area contributed by atoms with Crippen LogP contribution in [0.15, 0.2) is 24.3 Å². The molecule has 0 heterocycles. The summed E-state index contributed by atoms with van der Waals surface area (Å²) in [6.45, 7) is 0.303. The van der Waals surface area contributed by atoms with Crippen LogP contribution in [0.1, 0.15) is 70.6 Å². The van der Waals surface area contributed by atoms with Gasteiger partial charge in [-0.25, -0.2) is 0 Å². The summed E-state index contributed by atoms with van der Waals surface area (Å²) in [5, 5.41) is 19.0. The third-order valence-corrected chi connectivity index (χ3v) is 5.34. The zero-order valence-corrected chi connectivity index (χ0v) is 16.8. The zero-order chi connectivity index (χ0) is 19.2. The molecule has 150 valence electrons. The number of hydrogen-bond donors (Lipinski definition) is 2. The highest BCUT2D eigenvalue weighted by Crippen LogP contribution is 2.36. The lowest BCUT2D eigenvalue weighted by molar-refractivity contribution is -0.128. The molecule has 1 saturated carbocycles. The van der Waals surface area contributed by atoms with Gasteiger partial charge in [0.2, 0.25) is 5.91 Å². The molecule has 1 fully saturated rings. The van der Waals surface area contributed by atoms with Gasteiger partial charge in [-0.05, 0) is 63.2 Å². The first-order valence-electron chi connectivity index (χ1n) is 10.4. The van der Waals surface area contributed by atoms with E-state index in [1.165, 1.54) is 12.8 Å². The number of aliphatic hydroxyl groups excluding tert-OH is 2. The highest BCUT2D eigenvalue weighted by Gasteiger charge is 2.32. The molecular formula is C22H39NO3. The summed E-state index contributed by atoms with van der Waals surface area (Å²) in [4.78, 5) is 13.2. The molecule has 2 N–H and O–H groups in total. The van der Waals surface area contributed by atoms with Gasteiger partial charge in [-0.15, -0.1) is 0 Å². The van der Waals surface area contributed by atoms with E-state index >= 15 is 0 Å². The first kappa shape index (κ1) is 22.9. The van der Waals surface area contributed by atoms with Gasteiger partial charge in [0.25, 0.3) is 0 Å². The predicted octanol–water partition coefficient (Wildman–Crippen LogP) is 4.08. The number of nitrogens with zero attached hydrogens (tertiary/aromatic N) is 1. The average molecular weight is 366 g/mol. The van der Waals surface area contributed by atoms with Crippen molar-refractivity contribution in [3.8, 4) is 0 Å². The molecule has 0 aromatic rings. The fourth-order valence-corrected chi connectivity index (χ4v) is 3.61. The summed E-state index contributed by atoms with van der Waals surface area (Å²) in [5.74, 6) is 1.01. The first-order chi connectivity index (χ1) is 12.6. The Morgan fingerprint density at radius 2 is 1.73 bits per heavy atom. The molecule has 0 bridgehead atoms. The Bertz CT molecular complexity index is 431. The molecule has 4 heteroatoms. The van der Waals surface area contributed by atoms with Crippen molar-refractivity contribution in [3.63, 3.8) is 0 Å². The third-order valence-electron chi connectivity index (χ3n) is 5.34. The minimum Gasteiger partial charge on any atom is -0.396 e. The van der Waals surface area contributed by atoms with Crippen molar-refractivity contribution in [3.05, 3.63) is 24.3 Å². The van der Waals surface area contributed by atoms with Gasteiger partial charge in [-0.3, -0.25) is 4.79 Å². The number of carbonyl (C=O) groups excluding carboxylic acids is 1. The zero-order valence-electron chi connectivity index (χ0n) is 16.8. The van der Waals surface area contributed by atoms with Crippen molar-refractivity contribution in [2.45, 2.75) is 76.7 Å². The van der Waals surface area contributed by atoms with Crippen LogP contribution in [0.3, 0.4) is 0 Å². The van der Waals surface area contributed by atoms with Gasteiger partial charge in [-0.1, -0.05) is 37.1 Å². The summed E-state index contributed by atoms with van der Waals surface area (Å²) in [6.07, 6.45) is 19.6. The number of unbranched alkanes of at least 4 members (excludes halogenated alkanes) is 5. The SMILES string of the molecule is CN(C)C(=O)CCCC=CC[C@H]1[C@@H](O)CC[C@@H]1C=CCCCCCCO. The van der Waals surface area contributed by atoms with Crippen LogP contribution in [-0.4, -0.2) is 47.8 Å². The lowest BCUT2D eigenvalue weighted by atomic mass is 9.90. The van der Waals surface area contributed by atoms with Crippen LogP contribution in [0.5, 0.6) is 0 Å². The van der Waals surface area contributed by atoms with Gasteiger partial charge >= 0.3 is 0 Å². The molecule has 26 heavy (non-hydrogen) atoms. The van der Waals surface area contributed by atoms with E-state index in [4.69, 9.17) is 5.11 Å². The number of allylic oxidation sites excluding steroid dienone is 4. The monoisotopic (exact) mass is 365 g/mol. The van der Waals surface area contributed by atoms with Crippen LogP contribution in [0.25, 0.3) is 0 Å². The molecule has 1 amide bonds. The molecule has 4 nitrogen and oxygen atoms in total. The number of amides is 1. The molecule has 1 aliphatic rings. The maximum absolute atomic E-state index is 11.5. The van der Waals surface area contributed by atoms with Gasteiger partial charge in [0.05, 0.1) is 6.10 Å². The maximum Gasteiger partial charge on any atom is 0.222 e. The molecule has 3 atom stereocenters. The third kappa shape index (κ3) is 9.54. The van der Waals surface area contributed by atoms with Crippen LogP contribution in [0, 0.1) is 11.8 Å². The van der Waals surface area contributed by atoms with Crippen molar-refractivity contribution >= 4 is 5.91 Å². The van der Waals surface area contributed by atoms with Crippen molar-refractivity contribution in [2.75, 3.05) is 20.7 Å².